The predicted molar refractivity (Wildman–Crippen MR) is 43.0 cm³/mol. The lowest BCUT2D eigenvalue weighted by atomic mass is 10.2. The Labute approximate surface area is 60.4 Å². The summed E-state index contributed by atoms with van der Waals surface area (Å²) in [6.07, 6.45) is 1.63. The van der Waals surface area contributed by atoms with E-state index in [1.54, 1.807) is 6.21 Å². The molecule has 10 heavy (non-hydrogen) atoms. The number of hydrogen-bond acceptors (Lipinski definition) is 2. The summed E-state index contributed by atoms with van der Waals surface area (Å²) in [4.78, 5) is 0. The van der Waals surface area contributed by atoms with Crippen molar-refractivity contribution < 1.29 is 0 Å². The van der Waals surface area contributed by atoms with E-state index in [0.717, 1.165) is 5.56 Å². The highest BCUT2D eigenvalue weighted by atomic mass is 15.1. The van der Waals surface area contributed by atoms with Crippen molar-refractivity contribution in [3.8, 4) is 0 Å². The number of nitrogens with zero attached hydrogens (tertiary/aromatic N) is 1. The third-order valence-corrected chi connectivity index (χ3v) is 1.27. The molecule has 0 heterocycles. The van der Waals surface area contributed by atoms with Gasteiger partial charge in [0.2, 0.25) is 0 Å². The maximum absolute atomic E-state index is 4.98. The topological polar surface area (TPSA) is 38.4 Å². The molecule has 0 fully saturated rings. The number of hydrazone groups is 1. The second-order valence-corrected chi connectivity index (χ2v) is 2.19. The van der Waals surface area contributed by atoms with Crippen molar-refractivity contribution in [3.05, 3.63) is 35.4 Å². The van der Waals surface area contributed by atoms with Crippen molar-refractivity contribution >= 4 is 6.21 Å². The van der Waals surface area contributed by atoms with Crippen LogP contribution in [0.2, 0.25) is 0 Å². The maximum atomic E-state index is 4.98. The Bertz CT molecular complexity index is 241. The van der Waals surface area contributed by atoms with E-state index in [4.69, 9.17) is 5.84 Å². The van der Waals surface area contributed by atoms with Crippen LogP contribution >= 0.6 is 0 Å². The summed E-state index contributed by atoms with van der Waals surface area (Å²) < 4.78 is 0. The minimum atomic E-state index is 1.04. The second kappa shape index (κ2) is 3.01. The molecule has 0 unspecified atom stereocenters. The molecule has 0 radical (unpaired) electrons. The summed E-state index contributed by atoms with van der Waals surface area (Å²) in [5.74, 6) is 4.98. The molecule has 0 aliphatic carbocycles. The Balaban J connectivity index is 2.95. The van der Waals surface area contributed by atoms with Crippen LogP contribution in [-0.4, -0.2) is 6.21 Å². The van der Waals surface area contributed by atoms with Gasteiger partial charge in [-0.2, -0.15) is 5.10 Å². The highest BCUT2D eigenvalue weighted by molar-refractivity contribution is 5.79. The van der Waals surface area contributed by atoms with Gasteiger partial charge >= 0.3 is 0 Å². The van der Waals surface area contributed by atoms with Crippen molar-refractivity contribution in [3.63, 3.8) is 0 Å². The Morgan fingerprint density at radius 3 is 2.90 bits per heavy atom. The van der Waals surface area contributed by atoms with Crippen LogP contribution in [0.4, 0.5) is 0 Å². The van der Waals surface area contributed by atoms with Crippen molar-refractivity contribution in [1.29, 1.82) is 0 Å². The summed E-state index contributed by atoms with van der Waals surface area (Å²) in [6.45, 7) is 2.04. The molecular formula is C8H10N2. The molecule has 2 heteroatoms. The summed E-state index contributed by atoms with van der Waals surface area (Å²) in [5, 5.41) is 3.42. The van der Waals surface area contributed by atoms with E-state index in [1.807, 2.05) is 31.2 Å². The van der Waals surface area contributed by atoms with E-state index in [0.29, 0.717) is 0 Å². The van der Waals surface area contributed by atoms with Gasteiger partial charge in [0.15, 0.2) is 0 Å². The van der Waals surface area contributed by atoms with Gasteiger partial charge in [-0.25, -0.2) is 0 Å². The van der Waals surface area contributed by atoms with Crippen molar-refractivity contribution in [2.45, 2.75) is 6.92 Å². The Hall–Kier alpha value is -1.31. The molecule has 52 valence electrons. The molecule has 2 N–H and O–H groups in total. The molecule has 0 aliphatic heterocycles. The third kappa shape index (κ3) is 1.58. The largest absolute Gasteiger partial charge is 0.323 e. The van der Waals surface area contributed by atoms with Crippen molar-refractivity contribution in [1.82, 2.24) is 0 Å². The van der Waals surface area contributed by atoms with Gasteiger partial charge in [0.25, 0.3) is 0 Å². The number of nitrogens with two attached hydrogens (primary N) is 1. The van der Waals surface area contributed by atoms with E-state index in [-0.39, 0.29) is 0 Å². The van der Waals surface area contributed by atoms with Crippen LogP contribution in [0.3, 0.4) is 0 Å². The number of aryl methyl sites for hydroxylation is 1. The highest BCUT2D eigenvalue weighted by Gasteiger charge is 1.85. The van der Waals surface area contributed by atoms with E-state index in [9.17, 15) is 0 Å². The normalized spacial score (nSPS) is 10.5. The lowest BCUT2D eigenvalue weighted by Gasteiger charge is -1.92. The van der Waals surface area contributed by atoms with Crippen LogP contribution in [0.5, 0.6) is 0 Å². The fourth-order valence-corrected chi connectivity index (χ4v) is 0.836. The monoisotopic (exact) mass is 134 g/mol. The van der Waals surface area contributed by atoms with Gasteiger partial charge in [-0.05, 0) is 12.5 Å². The lowest BCUT2D eigenvalue weighted by Crippen LogP contribution is -1.85. The SMILES string of the molecule is Cc1cccc(/C=N\N)c1. The smallest absolute Gasteiger partial charge is 0.0538 e. The molecule has 1 aromatic carbocycles. The molecular weight excluding hydrogens is 124 g/mol. The van der Waals surface area contributed by atoms with E-state index >= 15 is 0 Å². The zero-order valence-electron chi connectivity index (χ0n) is 5.91. The van der Waals surface area contributed by atoms with E-state index in [2.05, 4.69) is 5.10 Å². The lowest BCUT2D eigenvalue weighted by molar-refractivity contribution is 1.26. The molecule has 0 saturated heterocycles. The van der Waals surface area contributed by atoms with Gasteiger partial charge in [0, 0.05) is 0 Å². The summed E-state index contributed by atoms with van der Waals surface area (Å²) >= 11 is 0. The van der Waals surface area contributed by atoms with Gasteiger partial charge in [-0.15, -0.1) is 0 Å². The molecule has 1 rings (SSSR count). The predicted octanol–water partition coefficient (Wildman–Crippen LogP) is 1.29. The number of benzene rings is 1. The second-order valence-electron chi connectivity index (χ2n) is 2.19. The van der Waals surface area contributed by atoms with Crippen LogP contribution in [0.25, 0.3) is 0 Å². The molecule has 1 aromatic rings. The fraction of sp³-hybridized carbons (Fsp3) is 0.125. The van der Waals surface area contributed by atoms with Crippen LogP contribution in [0.1, 0.15) is 11.1 Å². The molecule has 0 aromatic heterocycles. The Morgan fingerprint density at radius 1 is 1.50 bits per heavy atom. The van der Waals surface area contributed by atoms with Crippen LogP contribution in [0.15, 0.2) is 29.4 Å². The maximum Gasteiger partial charge on any atom is 0.0538 e. The van der Waals surface area contributed by atoms with E-state index < -0.39 is 0 Å². The molecule has 0 bridgehead atoms. The Kier molecular flexibility index (Phi) is 2.05. The van der Waals surface area contributed by atoms with Crippen molar-refractivity contribution in [2.24, 2.45) is 10.9 Å². The average Bonchev–Trinajstić information content (AvgIpc) is 1.88. The standard InChI is InChI=1S/C8H10N2/c1-7-3-2-4-8(5-7)6-10-9/h2-6H,9H2,1H3/b10-6-. The van der Waals surface area contributed by atoms with Gasteiger partial charge in [-0.1, -0.05) is 29.8 Å². The van der Waals surface area contributed by atoms with Crippen LogP contribution in [0, 0.1) is 6.92 Å². The van der Waals surface area contributed by atoms with Gasteiger partial charge in [-0.3, -0.25) is 0 Å². The van der Waals surface area contributed by atoms with Crippen LogP contribution in [-0.2, 0) is 0 Å². The molecule has 0 aliphatic rings. The number of rotatable bonds is 1. The van der Waals surface area contributed by atoms with Crippen molar-refractivity contribution in [2.75, 3.05) is 0 Å². The zero-order chi connectivity index (χ0) is 7.40. The first-order valence-electron chi connectivity index (χ1n) is 3.13. The molecule has 0 amide bonds. The molecule has 0 saturated carbocycles. The molecule has 2 nitrogen and oxygen atoms in total. The molecule has 0 spiro atoms. The highest BCUT2D eigenvalue weighted by Crippen LogP contribution is 1.99. The summed E-state index contributed by atoms with van der Waals surface area (Å²) in [5.41, 5.74) is 2.26. The first-order valence-corrected chi connectivity index (χ1v) is 3.13. The quantitative estimate of drug-likeness (QED) is 0.351. The first kappa shape index (κ1) is 6.81. The first-order chi connectivity index (χ1) is 4.83. The van der Waals surface area contributed by atoms with Gasteiger partial charge < -0.3 is 5.84 Å². The van der Waals surface area contributed by atoms with Crippen LogP contribution < -0.4 is 5.84 Å². The third-order valence-electron chi connectivity index (χ3n) is 1.27. The average molecular weight is 134 g/mol. The molecule has 0 atom stereocenters. The van der Waals surface area contributed by atoms with Gasteiger partial charge in [0.1, 0.15) is 0 Å². The van der Waals surface area contributed by atoms with Gasteiger partial charge in [0.05, 0.1) is 6.21 Å². The zero-order valence-corrected chi connectivity index (χ0v) is 5.91. The summed E-state index contributed by atoms with van der Waals surface area (Å²) in [6, 6.07) is 8.00. The summed E-state index contributed by atoms with van der Waals surface area (Å²) in [7, 11) is 0. The Morgan fingerprint density at radius 2 is 2.30 bits per heavy atom. The van der Waals surface area contributed by atoms with E-state index in [1.165, 1.54) is 5.56 Å². The fourth-order valence-electron chi connectivity index (χ4n) is 0.836. The number of hydrogen-bond donors (Lipinski definition) is 1. The minimum absolute atomic E-state index is 1.04. The minimum Gasteiger partial charge on any atom is -0.323 e.